The summed E-state index contributed by atoms with van der Waals surface area (Å²) < 4.78 is 0. The van der Waals surface area contributed by atoms with Gasteiger partial charge in [0.05, 0.1) is 6.04 Å². The lowest BCUT2D eigenvalue weighted by Crippen LogP contribution is -2.46. The second-order valence-corrected chi connectivity index (χ2v) is 4.13. The van der Waals surface area contributed by atoms with E-state index in [-0.39, 0.29) is 0 Å². The standard InChI is InChI=1S/C9H14N6O3/c1-5(7-11-13-14-12-7)10-9(18)15-4-2-3-6(15)8(16)17/h5-6H,2-4H2,1H3,(H,10,18)(H,16,17)(H,11,12,13,14)/t5?,6-/m1/s1. The van der Waals surface area contributed by atoms with Crippen LogP contribution in [0.15, 0.2) is 0 Å². The number of hydrogen-bond donors (Lipinski definition) is 3. The third-order valence-electron chi connectivity index (χ3n) is 2.89. The van der Waals surface area contributed by atoms with E-state index >= 15 is 0 Å². The molecule has 9 nitrogen and oxygen atoms in total. The highest BCUT2D eigenvalue weighted by molar-refractivity contribution is 5.83. The van der Waals surface area contributed by atoms with Crippen LogP contribution in [0, 0.1) is 0 Å². The molecule has 3 N–H and O–H groups in total. The van der Waals surface area contributed by atoms with E-state index in [1.54, 1.807) is 6.92 Å². The molecule has 0 spiro atoms. The molecule has 2 rings (SSSR count). The number of amides is 2. The Morgan fingerprint density at radius 1 is 1.61 bits per heavy atom. The van der Waals surface area contributed by atoms with E-state index in [2.05, 4.69) is 25.9 Å². The van der Waals surface area contributed by atoms with Gasteiger partial charge in [0.25, 0.3) is 0 Å². The Morgan fingerprint density at radius 2 is 2.39 bits per heavy atom. The van der Waals surface area contributed by atoms with Crippen LogP contribution in [0.2, 0.25) is 0 Å². The molecule has 0 radical (unpaired) electrons. The van der Waals surface area contributed by atoms with Gasteiger partial charge in [-0.1, -0.05) is 5.21 Å². The van der Waals surface area contributed by atoms with Crippen LogP contribution in [0.1, 0.15) is 31.6 Å². The molecule has 0 aromatic carbocycles. The van der Waals surface area contributed by atoms with Crippen molar-refractivity contribution in [1.29, 1.82) is 0 Å². The number of carboxylic acid groups (broad SMARTS) is 1. The summed E-state index contributed by atoms with van der Waals surface area (Å²) in [7, 11) is 0. The molecule has 1 aliphatic heterocycles. The van der Waals surface area contributed by atoms with Crippen molar-refractivity contribution in [3.63, 3.8) is 0 Å². The van der Waals surface area contributed by atoms with Crippen molar-refractivity contribution < 1.29 is 14.7 Å². The van der Waals surface area contributed by atoms with Crippen LogP contribution in [-0.2, 0) is 4.79 Å². The van der Waals surface area contributed by atoms with E-state index in [4.69, 9.17) is 5.11 Å². The van der Waals surface area contributed by atoms with Gasteiger partial charge in [-0.25, -0.2) is 9.59 Å². The van der Waals surface area contributed by atoms with Gasteiger partial charge in [-0.15, -0.1) is 10.2 Å². The Hall–Kier alpha value is -2.19. The second-order valence-electron chi connectivity index (χ2n) is 4.13. The number of urea groups is 1. The Morgan fingerprint density at radius 3 is 3.00 bits per heavy atom. The molecule has 2 heterocycles. The van der Waals surface area contributed by atoms with Crippen molar-refractivity contribution in [2.45, 2.75) is 31.8 Å². The number of aromatic nitrogens is 4. The lowest BCUT2D eigenvalue weighted by Gasteiger charge is -2.23. The lowest BCUT2D eigenvalue weighted by molar-refractivity contribution is -0.141. The van der Waals surface area contributed by atoms with Crippen LogP contribution >= 0.6 is 0 Å². The van der Waals surface area contributed by atoms with Gasteiger partial charge in [-0.3, -0.25) is 0 Å². The number of carbonyl (C=O) groups is 2. The number of H-pyrrole nitrogens is 1. The molecule has 0 bridgehead atoms. The molecule has 2 amide bonds. The van der Waals surface area contributed by atoms with Gasteiger partial charge < -0.3 is 15.3 Å². The van der Waals surface area contributed by atoms with Gasteiger partial charge in [0.1, 0.15) is 6.04 Å². The van der Waals surface area contributed by atoms with Crippen molar-refractivity contribution >= 4 is 12.0 Å². The van der Waals surface area contributed by atoms with E-state index in [9.17, 15) is 9.59 Å². The van der Waals surface area contributed by atoms with Crippen LogP contribution < -0.4 is 5.32 Å². The fourth-order valence-corrected chi connectivity index (χ4v) is 1.95. The number of carboxylic acids is 1. The molecule has 1 saturated heterocycles. The Bertz CT molecular complexity index is 434. The molecule has 18 heavy (non-hydrogen) atoms. The Balaban J connectivity index is 1.97. The first-order valence-corrected chi connectivity index (χ1v) is 5.63. The topological polar surface area (TPSA) is 124 Å². The van der Waals surface area contributed by atoms with Crippen molar-refractivity contribution in [2.75, 3.05) is 6.54 Å². The fourth-order valence-electron chi connectivity index (χ4n) is 1.95. The number of aliphatic carboxylic acids is 1. The average Bonchev–Trinajstić information content (AvgIpc) is 3.00. The highest BCUT2D eigenvalue weighted by Crippen LogP contribution is 2.18. The Labute approximate surface area is 103 Å². The number of carbonyl (C=O) groups excluding carboxylic acids is 1. The maximum absolute atomic E-state index is 11.9. The van der Waals surface area contributed by atoms with E-state index < -0.39 is 24.1 Å². The Kier molecular flexibility index (Phi) is 3.40. The molecule has 1 fully saturated rings. The minimum atomic E-state index is -0.977. The minimum Gasteiger partial charge on any atom is -0.480 e. The zero-order chi connectivity index (χ0) is 13.1. The third-order valence-corrected chi connectivity index (χ3v) is 2.89. The van der Waals surface area contributed by atoms with Gasteiger partial charge in [0.2, 0.25) is 0 Å². The summed E-state index contributed by atoms with van der Waals surface area (Å²) >= 11 is 0. The SMILES string of the molecule is CC(NC(=O)N1CCC[C@@H]1C(=O)O)c1nn[nH]n1. The zero-order valence-electron chi connectivity index (χ0n) is 9.83. The highest BCUT2D eigenvalue weighted by atomic mass is 16.4. The third kappa shape index (κ3) is 2.39. The van der Waals surface area contributed by atoms with Crippen LogP contribution in [-0.4, -0.2) is 55.2 Å². The molecule has 0 aliphatic carbocycles. The number of nitrogens with one attached hydrogen (secondary N) is 2. The van der Waals surface area contributed by atoms with Gasteiger partial charge in [-0.05, 0) is 19.8 Å². The summed E-state index contributed by atoms with van der Waals surface area (Å²) in [4.78, 5) is 24.2. The molecule has 1 aliphatic rings. The molecule has 2 atom stereocenters. The van der Waals surface area contributed by atoms with Crippen LogP contribution in [0.4, 0.5) is 4.79 Å². The van der Waals surface area contributed by atoms with Gasteiger partial charge >= 0.3 is 12.0 Å². The molecular formula is C9H14N6O3. The molecule has 1 unspecified atom stereocenters. The maximum atomic E-state index is 11.9. The normalized spacial score (nSPS) is 20.7. The predicted octanol–water partition coefficient (Wildman–Crippen LogP) is -0.481. The van der Waals surface area contributed by atoms with Crippen molar-refractivity contribution in [3.8, 4) is 0 Å². The predicted molar refractivity (Wildman–Crippen MR) is 58.5 cm³/mol. The van der Waals surface area contributed by atoms with Gasteiger partial charge in [0, 0.05) is 6.54 Å². The molecule has 9 heteroatoms. The zero-order valence-corrected chi connectivity index (χ0v) is 9.83. The number of tetrazole rings is 1. The highest BCUT2D eigenvalue weighted by Gasteiger charge is 2.34. The van der Waals surface area contributed by atoms with E-state index in [0.717, 1.165) is 0 Å². The smallest absolute Gasteiger partial charge is 0.326 e. The monoisotopic (exact) mass is 254 g/mol. The van der Waals surface area contributed by atoms with Crippen LogP contribution in [0.25, 0.3) is 0 Å². The van der Waals surface area contributed by atoms with E-state index in [1.807, 2.05) is 0 Å². The van der Waals surface area contributed by atoms with Crippen LogP contribution in [0.5, 0.6) is 0 Å². The van der Waals surface area contributed by atoms with Crippen molar-refractivity contribution in [3.05, 3.63) is 5.82 Å². The first kappa shape index (κ1) is 12.3. The first-order valence-electron chi connectivity index (χ1n) is 5.63. The summed E-state index contributed by atoms with van der Waals surface area (Å²) in [6, 6.07) is -1.59. The van der Waals surface area contributed by atoms with E-state index in [0.29, 0.717) is 25.2 Å². The number of aromatic amines is 1. The summed E-state index contributed by atoms with van der Waals surface area (Å²) in [5.41, 5.74) is 0. The number of nitrogens with zero attached hydrogens (tertiary/aromatic N) is 4. The lowest BCUT2D eigenvalue weighted by atomic mass is 10.2. The minimum absolute atomic E-state index is 0.356. The molecule has 98 valence electrons. The summed E-state index contributed by atoms with van der Waals surface area (Å²) in [6.07, 6.45) is 1.18. The molecule has 1 aromatic rings. The average molecular weight is 254 g/mol. The van der Waals surface area contributed by atoms with Crippen molar-refractivity contribution in [2.24, 2.45) is 0 Å². The summed E-state index contributed by atoms with van der Waals surface area (Å²) in [5, 5.41) is 24.8. The largest absolute Gasteiger partial charge is 0.480 e. The second kappa shape index (κ2) is 4.98. The van der Waals surface area contributed by atoms with Crippen molar-refractivity contribution in [1.82, 2.24) is 30.8 Å². The molecular weight excluding hydrogens is 240 g/mol. The van der Waals surface area contributed by atoms with E-state index in [1.165, 1.54) is 4.90 Å². The number of hydrogen-bond acceptors (Lipinski definition) is 5. The quantitative estimate of drug-likeness (QED) is 0.669. The van der Waals surface area contributed by atoms with Gasteiger partial charge in [-0.2, -0.15) is 5.21 Å². The first-order chi connectivity index (χ1) is 8.59. The maximum Gasteiger partial charge on any atom is 0.326 e. The number of rotatable bonds is 3. The summed E-state index contributed by atoms with van der Waals surface area (Å²) in [6.45, 7) is 2.15. The van der Waals surface area contributed by atoms with Gasteiger partial charge in [0.15, 0.2) is 5.82 Å². The number of likely N-dealkylation sites (tertiary alicyclic amines) is 1. The van der Waals surface area contributed by atoms with Crippen LogP contribution in [0.3, 0.4) is 0 Å². The molecule has 1 aromatic heterocycles. The summed E-state index contributed by atoms with van der Waals surface area (Å²) in [5.74, 6) is -0.621. The molecule has 0 saturated carbocycles. The fraction of sp³-hybridized carbons (Fsp3) is 0.667.